The molecule has 0 fully saturated rings. The number of hydrogen-bond acceptors (Lipinski definition) is 0. The molecule has 0 atom stereocenters. The summed E-state index contributed by atoms with van der Waals surface area (Å²) in [7, 11) is 0. The van der Waals surface area contributed by atoms with Crippen molar-refractivity contribution in [3.8, 4) is 0 Å². The monoisotopic (exact) mass is 920 g/mol. The van der Waals surface area contributed by atoms with Crippen LogP contribution in [0.4, 0.5) is 0 Å². The van der Waals surface area contributed by atoms with Crippen LogP contribution in [-0.2, 0) is 0 Å². The second-order valence-corrected chi connectivity index (χ2v) is 42.3. The van der Waals surface area contributed by atoms with E-state index in [-0.39, 0.29) is 0 Å². The molecule has 0 radical (unpaired) electrons. The Labute approximate surface area is 255 Å². The second-order valence-electron chi connectivity index (χ2n) is 10.9. The van der Waals surface area contributed by atoms with Crippen molar-refractivity contribution in [2.45, 2.75) is 14.4 Å². The first-order chi connectivity index (χ1) is 20.3. The van der Waals surface area contributed by atoms with Crippen molar-refractivity contribution in [3.05, 3.63) is 182 Å². The van der Waals surface area contributed by atoms with Gasteiger partial charge in [0, 0.05) is 0 Å². The molecule has 41 heavy (non-hydrogen) atoms. The molecular weight excluding hydrogens is 883 g/mol. The number of rotatable bonds is 10. The van der Waals surface area contributed by atoms with E-state index in [1.807, 2.05) is 0 Å². The van der Waals surface area contributed by atoms with Gasteiger partial charge in [-0.15, -0.1) is 0 Å². The molecule has 6 rings (SSSR count). The summed E-state index contributed by atoms with van der Waals surface area (Å²) in [6.45, 7) is 0. The van der Waals surface area contributed by atoms with Crippen LogP contribution < -0.4 is 18.7 Å². The quantitative estimate of drug-likeness (QED) is 0.155. The molecule has 0 saturated carbocycles. The summed E-state index contributed by atoms with van der Waals surface area (Å²) in [6, 6.07) is 69.0. The Bertz CT molecular complexity index is 1300. The van der Waals surface area contributed by atoms with Gasteiger partial charge in [-0.05, 0) is 0 Å². The second kappa shape index (κ2) is 13.4. The van der Waals surface area contributed by atoms with E-state index in [0.29, 0.717) is 0 Å². The Kier molecular flexibility index (Phi) is 9.27. The van der Waals surface area contributed by atoms with Crippen LogP contribution in [0.3, 0.4) is 0 Å². The van der Waals surface area contributed by atoms with Gasteiger partial charge in [0.1, 0.15) is 0 Å². The zero-order valence-electron chi connectivity index (χ0n) is 23.4. The summed E-state index contributed by atoms with van der Waals surface area (Å²) in [6.07, 6.45) is 1.22. The summed E-state index contributed by atoms with van der Waals surface area (Å²) < 4.78 is 12.0. The van der Waals surface area contributed by atoms with Crippen LogP contribution in [0.2, 0.25) is 7.96 Å². The van der Waals surface area contributed by atoms with Crippen molar-refractivity contribution in [3.63, 3.8) is 0 Å². The van der Waals surface area contributed by atoms with Gasteiger partial charge in [-0.3, -0.25) is 0 Å². The van der Waals surface area contributed by atoms with Crippen molar-refractivity contribution in [2.75, 3.05) is 0 Å². The van der Waals surface area contributed by atoms with Crippen LogP contribution in [0, 0.1) is 0 Å². The van der Waals surface area contributed by atoms with Crippen LogP contribution in [-0.4, -0.2) is 42.3 Å². The van der Waals surface area contributed by atoms with Gasteiger partial charge in [-0.25, -0.2) is 0 Å². The van der Waals surface area contributed by atoms with Gasteiger partial charge in [0.05, 0.1) is 0 Å². The van der Waals surface area contributed by atoms with Crippen molar-refractivity contribution in [1.82, 2.24) is 0 Å². The molecule has 0 N–H and O–H groups in total. The fourth-order valence-electron chi connectivity index (χ4n) is 6.82. The number of benzene rings is 6. The fourth-order valence-corrected chi connectivity index (χ4v) is 49.9. The van der Waals surface area contributed by atoms with Gasteiger partial charge in [0.25, 0.3) is 0 Å². The van der Waals surface area contributed by atoms with Gasteiger partial charge < -0.3 is 0 Å². The minimum atomic E-state index is -3.53. The molecule has 0 spiro atoms. The van der Waals surface area contributed by atoms with Gasteiger partial charge in [0.2, 0.25) is 0 Å². The van der Waals surface area contributed by atoms with Crippen molar-refractivity contribution in [2.24, 2.45) is 0 Å². The van der Waals surface area contributed by atoms with Crippen molar-refractivity contribution in [1.29, 1.82) is 0 Å². The molecule has 0 aliphatic carbocycles. The SMILES string of the molecule is c1cc[c]([Pb]([CH2]C[CH2][Pb]([c]2ccccc2)([c]2ccccc2)[c]2ccccc2)([c]2ccccc2)[c]2ccccc2)cc1. The van der Waals surface area contributed by atoms with Crippen LogP contribution in [0.1, 0.15) is 6.42 Å². The predicted octanol–water partition coefficient (Wildman–Crippen LogP) is 5.72. The Hall–Kier alpha value is -2.84. The zero-order valence-corrected chi connectivity index (χ0v) is 31.2. The minimum absolute atomic E-state index is 1.22. The molecule has 0 aromatic heterocycles. The van der Waals surface area contributed by atoms with Crippen LogP contribution in [0.5, 0.6) is 0 Å². The number of hydrogen-bond donors (Lipinski definition) is 0. The summed E-state index contributed by atoms with van der Waals surface area (Å²) in [5, 5.41) is 0. The molecular formula is C39H36Pb2. The first-order valence-electron chi connectivity index (χ1n) is 14.7. The Balaban J connectivity index is 1.50. The normalized spacial score (nSPS) is 11.7. The molecule has 0 aliphatic heterocycles. The van der Waals surface area contributed by atoms with E-state index >= 15 is 0 Å². The van der Waals surface area contributed by atoms with E-state index in [0.717, 1.165) is 0 Å². The van der Waals surface area contributed by atoms with Gasteiger partial charge >= 0.3 is 257 Å². The molecule has 0 aliphatic rings. The third kappa shape index (κ3) is 5.78. The summed E-state index contributed by atoms with van der Waals surface area (Å²) in [4.78, 5) is 0. The molecule has 6 aromatic rings. The molecule has 0 bridgehead atoms. The average molecular weight is 919 g/mol. The Morgan fingerprint density at radius 3 is 0.585 bits per heavy atom. The maximum absolute atomic E-state index is 3.53. The van der Waals surface area contributed by atoms with Crippen LogP contribution >= 0.6 is 0 Å². The van der Waals surface area contributed by atoms with Crippen molar-refractivity contribution >= 4 is 61.1 Å². The molecule has 0 amide bonds. The van der Waals surface area contributed by atoms with Crippen LogP contribution in [0.15, 0.2) is 182 Å². The van der Waals surface area contributed by atoms with E-state index in [9.17, 15) is 0 Å². The third-order valence-electron chi connectivity index (χ3n) is 8.70. The van der Waals surface area contributed by atoms with Gasteiger partial charge in [0.15, 0.2) is 0 Å². The van der Waals surface area contributed by atoms with E-state index in [1.54, 1.807) is 18.7 Å². The zero-order chi connectivity index (χ0) is 27.8. The Morgan fingerprint density at radius 1 is 0.244 bits per heavy atom. The van der Waals surface area contributed by atoms with Gasteiger partial charge in [-0.2, -0.15) is 0 Å². The van der Waals surface area contributed by atoms with Crippen LogP contribution in [0.25, 0.3) is 0 Å². The van der Waals surface area contributed by atoms with Crippen molar-refractivity contribution < 1.29 is 0 Å². The maximum atomic E-state index is 2.42. The standard InChI is InChI=1S/6C6H5.C3H6.2Pb/c6*1-2-4-6-5-3-1;1-3-2;;/h6*1-5H;1-3H2;;. The first kappa shape index (κ1) is 28.3. The Morgan fingerprint density at radius 2 is 0.415 bits per heavy atom. The topological polar surface area (TPSA) is 0 Å². The first-order valence-corrected chi connectivity index (χ1v) is 31.8. The predicted molar refractivity (Wildman–Crippen MR) is 182 cm³/mol. The van der Waals surface area contributed by atoms with E-state index in [1.165, 1.54) is 14.4 Å². The molecule has 0 saturated heterocycles. The summed E-state index contributed by atoms with van der Waals surface area (Å²) in [5.41, 5.74) is 0. The van der Waals surface area contributed by atoms with Gasteiger partial charge in [-0.1, -0.05) is 0 Å². The van der Waals surface area contributed by atoms with E-state index < -0.39 is 42.3 Å². The summed E-state index contributed by atoms with van der Waals surface area (Å²) >= 11 is -7.06. The molecule has 2 heteroatoms. The average Bonchev–Trinajstić information content (AvgIpc) is 3.08. The third-order valence-corrected chi connectivity index (χ3v) is 48.0. The molecule has 0 unspecified atom stereocenters. The molecule has 6 aromatic carbocycles. The molecule has 0 nitrogen and oxygen atoms in total. The molecule has 0 heterocycles. The van der Waals surface area contributed by atoms with E-state index in [2.05, 4.69) is 182 Å². The fraction of sp³-hybridized carbons (Fsp3) is 0.0769. The van der Waals surface area contributed by atoms with E-state index in [4.69, 9.17) is 0 Å². The molecule has 200 valence electrons. The summed E-state index contributed by atoms with van der Waals surface area (Å²) in [5.74, 6) is 0.